The fraction of sp³-hybridized carbons (Fsp3) is 0.538. The van der Waals surface area contributed by atoms with Gasteiger partial charge < -0.3 is 10.1 Å². The molecule has 7 nitrogen and oxygen atoms in total. The number of rotatable bonds is 8. The number of amides is 1. The summed E-state index contributed by atoms with van der Waals surface area (Å²) in [5, 5.41) is 2.65. The van der Waals surface area contributed by atoms with Gasteiger partial charge in [-0.05, 0) is 19.4 Å². The molecule has 21 heavy (non-hydrogen) atoms. The number of aromatic nitrogens is 1. The van der Waals surface area contributed by atoms with Crippen LogP contribution in [0.25, 0.3) is 0 Å². The molecule has 1 heterocycles. The van der Waals surface area contributed by atoms with Gasteiger partial charge in [-0.15, -0.1) is 0 Å². The lowest BCUT2D eigenvalue weighted by Gasteiger charge is -2.14. The second kappa shape index (κ2) is 7.94. The number of nitrogens with one attached hydrogen (secondary N) is 2. The maximum atomic E-state index is 11.9. The van der Waals surface area contributed by atoms with Gasteiger partial charge in [-0.2, -0.15) is 0 Å². The zero-order valence-electron chi connectivity index (χ0n) is 12.4. The molecular weight excluding hydrogens is 294 g/mol. The molecule has 1 unspecified atom stereocenters. The third-order valence-corrected chi connectivity index (χ3v) is 4.38. The van der Waals surface area contributed by atoms with E-state index in [2.05, 4.69) is 15.0 Å². The van der Waals surface area contributed by atoms with E-state index in [0.717, 1.165) is 5.56 Å². The maximum absolute atomic E-state index is 11.9. The van der Waals surface area contributed by atoms with E-state index in [4.69, 9.17) is 4.74 Å². The summed E-state index contributed by atoms with van der Waals surface area (Å²) >= 11 is 0. The Balaban J connectivity index is 2.57. The van der Waals surface area contributed by atoms with Crippen molar-refractivity contribution in [3.05, 3.63) is 23.9 Å². The number of nitrogens with zero attached hydrogens (tertiary/aromatic N) is 1. The summed E-state index contributed by atoms with van der Waals surface area (Å²) in [4.78, 5) is 15.9. The summed E-state index contributed by atoms with van der Waals surface area (Å²) in [5.41, 5.74) is 0.719. The fourth-order valence-electron chi connectivity index (χ4n) is 1.73. The molecule has 0 aliphatic rings. The highest BCUT2D eigenvalue weighted by Gasteiger charge is 2.19. The maximum Gasteiger partial charge on any atom is 0.238 e. The minimum absolute atomic E-state index is 0.00104. The lowest BCUT2D eigenvalue weighted by molar-refractivity contribution is -0.122. The molecule has 0 aliphatic heterocycles. The van der Waals surface area contributed by atoms with E-state index in [1.807, 2.05) is 0 Å². The van der Waals surface area contributed by atoms with Gasteiger partial charge in [0.1, 0.15) is 0 Å². The first kappa shape index (κ1) is 17.4. The molecule has 0 aliphatic carbocycles. The van der Waals surface area contributed by atoms with Gasteiger partial charge >= 0.3 is 0 Å². The number of hydrogen-bond acceptors (Lipinski definition) is 5. The van der Waals surface area contributed by atoms with Crippen LogP contribution in [0, 0.1) is 0 Å². The van der Waals surface area contributed by atoms with Crippen LogP contribution >= 0.6 is 0 Å². The molecular formula is C13H21N3O4S. The summed E-state index contributed by atoms with van der Waals surface area (Å²) in [7, 11) is -1.92. The molecule has 1 aromatic heterocycles. The van der Waals surface area contributed by atoms with Crippen LogP contribution in [0.15, 0.2) is 18.3 Å². The summed E-state index contributed by atoms with van der Waals surface area (Å²) in [6.45, 7) is 3.48. The summed E-state index contributed by atoms with van der Waals surface area (Å²) in [6, 6.07) is 2.68. The molecule has 1 aromatic rings. The van der Waals surface area contributed by atoms with E-state index in [0.29, 0.717) is 12.3 Å². The Morgan fingerprint density at radius 2 is 2.19 bits per heavy atom. The van der Waals surface area contributed by atoms with Crippen LogP contribution in [0.5, 0.6) is 5.88 Å². The quantitative estimate of drug-likeness (QED) is 0.725. The largest absolute Gasteiger partial charge is 0.481 e. The van der Waals surface area contributed by atoms with Gasteiger partial charge in [-0.3, -0.25) is 4.79 Å². The van der Waals surface area contributed by atoms with E-state index in [1.54, 1.807) is 25.3 Å². The molecule has 0 aromatic carbocycles. The Labute approximate surface area is 125 Å². The van der Waals surface area contributed by atoms with E-state index in [9.17, 15) is 13.2 Å². The van der Waals surface area contributed by atoms with Crippen molar-refractivity contribution < 1.29 is 17.9 Å². The standard InChI is InChI=1S/C13H21N3O4S/c1-4-8-21(18,19)16-10(2)12(17)15-9-11-6-5-7-14-13(11)20-3/h5-7,10,16H,4,8-9H2,1-3H3,(H,15,17). The monoisotopic (exact) mass is 315 g/mol. The lowest BCUT2D eigenvalue weighted by Crippen LogP contribution is -2.45. The van der Waals surface area contributed by atoms with Crippen LogP contribution in [0.1, 0.15) is 25.8 Å². The highest BCUT2D eigenvalue weighted by Crippen LogP contribution is 2.12. The Kier molecular flexibility index (Phi) is 6.57. The predicted molar refractivity (Wildman–Crippen MR) is 79.3 cm³/mol. The first-order valence-corrected chi connectivity index (χ1v) is 8.30. The zero-order valence-corrected chi connectivity index (χ0v) is 13.2. The van der Waals surface area contributed by atoms with Gasteiger partial charge in [0.05, 0.1) is 18.9 Å². The Morgan fingerprint density at radius 3 is 2.81 bits per heavy atom. The molecule has 1 rings (SSSR count). The first-order valence-electron chi connectivity index (χ1n) is 6.65. The van der Waals surface area contributed by atoms with Gasteiger partial charge in [0.2, 0.25) is 21.8 Å². The van der Waals surface area contributed by atoms with Crippen LogP contribution in [0.3, 0.4) is 0 Å². The molecule has 0 saturated heterocycles. The summed E-state index contributed by atoms with van der Waals surface area (Å²) in [6.07, 6.45) is 2.09. The Morgan fingerprint density at radius 1 is 1.48 bits per heavy atom. The van der Waals surface area contributed by atoms with Gasteiger partial charge in [0.25, 0.3) is 0 Å². The normalized spacial score (nSPS) is 12.7. The summed E-state index contributed by atoms with van der Waals surface area (Å²) < 4.78 is 30.6. The van der Waals surface area contributed by atoms with E-state index < -0.39 is 22.0 Å². The topological polar surface area (TPSA) is 97.4 Å². The van der Waals surface area contributed by atoms with Gasteiger partial charge in [-0.25, -0.2) is 18.1 Å². The van der Waals surface area contributed by atoms with Crippen LogP contribution in [-0.2, 0) is 21.4 Å². The van der Waals surface area contributed by atoms with Crippen molar-refractivity contribution >= 4 is 15.9 Å². The average molecular weight is 315 g/mol. The number of pyridine rings is 1. The molecule has 0 radical (unpaired) electrons. The van der Waals surface area contributed by atoms with E-state index in [-0.39, 0.29) is 12.3 Å². The molecule has 2 N–H and O–H groups in total. The van der Waals surface area contributed by atoms with Crippen LogP contribution < -0.4 is 14.8 Å². The number of ether oxygens (including phenoxy) is 1. The number of sulfonamides is 1. The minimum atomic E-state index is -3.42. The number of methoxy groups -OCH3 is 1. The minimum Gasteiger partial charge on any atom is -0.481 e. The van der Waals surface area contributed by atoms with Crippen LogP contribution in [0.2, 0.25) is 0 Å². The van der Waals surface area contributed by atoms with E-state index >= 15 is 0 Å². The van der Waals surface area contributed by atoms with Crippen molar-refractivity contribution in [3.63, 3.8) is 0 Å². The van der Waals surface area contributed by atoms with Crippen molar-refractivity contribution in [3.8, 4) is 5.88 Å². The summed E-state index contributed by atoms with van der Waals surface area (Å²) in [5.74, 6) is 0.0266. The van der Waals surface area contributed by atoms with Gasteiger partial charge in [-0.1, -0.05) is 13.0 Å². The van der Waals surface area contributed by atoms with Crippen LogP contribution in [-0.4, -0.2) is 38.2 Å². The molecule has 0 saturated carbocycles. The molecule has 0 fully saturated rings. The molecule has 1 atom stereocenters. The number of carbonyl (C=O) groups excluding carboxylic acids is 1. The van der Waals surface area contributed by atoms with Crippen molar-refractivity contribution in [1.29, 1.82) is 0 Å². The molecule has 1 amide bonds. The molecule has 118 valence electrons. The predicted octanol–water partition coefficient (Wildman–Crippen LogP) is 0.424. The number of hydrogen-bond donors (Lipinski definition) is 2. The van der Waals surface area contributed by atoms with Crippen molar-refractivity contribution in [2.45, 2.75) is 32.9 Å². The fourth-order valence-corrected chi connectivity index (χ4v) is 3.03. The SMILES string of the molecule is CCCS(=O)(=O)NC(C)C(=O)NCc1cccnc1OC. The van der Waals surface area contributed by atoms with Gasteiger partial charge in [0, 0.05) is 18.3 Å². The zero-order chi connectivity index (χ0) is 15.9. The Bertz CT molecular complexity index is 575. The second-order valence-electron chi connectivity index (χ2n) is 4.55. The second-order valence-corrected chi connectivity index (χ2v) is 6.42. The molecule has 0 spiro atoms. The third-order valence-electron chi connectivity index (χ3n) is 2.72. The van der Waals surface area contributed by atoms with Crippen molar-refractivity contribution in [2.24, 2.45) is 0 Å². The highest BCUT2D eigenvalue weighted by atomic mass is 32.2. The van der Waals surface area contributed by atoms with E-state index in [1.165, 1.54) is 14.0 Å². The number of carbonyl (C=O) groups is 1. The highest BCUT2D eigenvalue weighted by molar-refractivity contribution is 7.89. The molecule has 8 heteroatoms. The molecule has 0 bridgehead atoms. The Hall–Kier alpha value is -1.67. The smallest absolute Gasteiger partial charge is 0.238 e. The first-order chi connectivity index (χ1) is 9.89. The van der Waals surface area contributed by atoms with Crippen molar-refractivity contribution in [2.75, 3.05) is 12.9 Å². The van der Waals surface area contributed by atoms with Crippen molar-refractivity contribution in [1.82, 2.24) is 15.0 Å². The van der Waals surface area contributed by atoms with Gasteiger partial charge in [0.15, 0.2) is 0 Å². The van der Waals surface area contributed by atoms with Crippen LogP contribution in [0.4, 0.5) is 0 Å². The average Bonchev–Trinajstić information content (AvgIpc) is 2.44. The third kappa shape index (κ3) is 5.68. The lowest BCUT2D eigenvalue weighted by atomic mass is 10.2.